The largest absolute Gasteiger partial charge is 0.480 e. The number of hydrogen-bond acceptors (Lipinski definition) is 6. The molecule has 2 rings (SSSR count). The van der Waals surface area contributed by atoms with Gasteiger partial charge in [-0.3, -0.25) is 9.59 Å². The first-order valence-corrected chi connectivity index (χ1v) is 8.81. The lowest BCUT2D eigenvalue weighted by Gasteiger charge is -2.33. The molecule has 148 valence electrons. The lowest BCUT2D eigenvalue weighted by molar-refractivity contribution is -0.147. The minimum absolute atomic E-state index is 0.196. The summed E-state index contributed by atoms with van der Waals surface area (Å²) in [5, 5.41) is 29.4. The van der Waals surface area contributed by atoms with Crippen LogP contribution in [0.15, 0.2) is 24.3 Å². The molecule has 5 N–H and O–H groups in total. The van der Waals surface area contributed by atoms with Crippen molar-refractivity contribution in [2.45, 2.75) is 39.3 Å². The van der Waals surface area contributed by atoms with E-state index in [1.165, 1.54) is 6.92 Å². The van der Waals surface area contributed by atoms with E-state index in [2.05, 4.69) is 10.6 Å². The van der Waals surface area contributed by atoms with Crippen molar-refractivity contribution >= 4 is 25.3 Å². The van der Waals surface area contributed by atoms with Gasteiger partial charge in [0.2, 0.25) is 5.91 Å². The monoisotopic (exact) mass is 378 g/mol. The third-order valence-electron chi connectivity index (χ3n) is 4.42. The van der Waals surface area contributed by atoms with E-state index in [1.807, 2.05) is 24.3 Å². The molecule has 0 aromatic heterocycles. The van der Waals surface area contributed by atoms with Crippen molar-refractivity contribution in [1.82, 2.24) is 10.6 Å². The van der Waals surface area contributed by atoms with E-state index in [0.717, 1.165) is 17.5 Å². The number of nitrogens with one attached hydrogen (secondary N) is 2. The number of amides is 1. The van der Waals surface area contributed by atoms with Gasteiger partial charge in [0.1, 0.15) is 6.04 Å². The van der Waals surface area contributed by atoms with Gasteiger partial charge in [0.05, 0.1) is 12.0 Å². The zero-order chi connectivity index (χ0) is 20.6. The SMILES string of the molecule is CC(=O)N[C@H](C(=O)O)C(C(=O)C1NCCc2ccccc21)C(C)C.OBO. The average Bonchev–Trinajstić information content (AvgIpc) is 2.60. The standard InChI is InChI=1S/C18H24N2O4.BH3O2/c1-10(2)14(16(18(23)24)20-11(3)21)17(22)15-13-7-5-4-6-12(13)8-9-19-15;2-1-3/h4-7,10,14-16,19H,8-9H2,1-3H3,(H,20,21)(H,23,24);1-3H/t14?,15?,16-;/m0./s1. The normalized spacial score (nSPS) is 17.6. The lowest BCUT2D eigenvalue weighted by Crippen LogP contribution is -2.52. The maximum atomic E-state index is 13.2. The highest BCUT2D eigenvalue weighted by Gasteiger charge is 2.41. The molecule has 1 amide bonds. The summed E-state index contributed by atoms with van der Waals surface area (Å²) in [5.74, 6) is -2.88. The molecule has 8 nitrogen and oxygen atoms in total. The second kappa shape index (κ2) is 10.8. The number of fused-ring (bicyclic) bond motifs is 1. The van der Waals surface area contributed by atoms with E-state index in [0.29, 0.717) is 6.54 Å². The van der Waals surface area contributed by atoms with E-state index in [9.17, 15) is 19.5 Å². The van der Waals surface area contributed by atoms with Crippen LogP contribution in [-0.4, -0.2) is 53.1 Å². The second-order valence-corrected chi connectivity index (χ2v) is 6.67. The summed E-state index contributed by atoms with van der Waals surface area (Å²) in [4.78, 5) is 36.2. The van der Waals surface area contributed by atoms with Crippen molar-refractivity contribution in [2.75, 3.05) is 6.54 Å². The van der Waals surface area contributed by atoms with Gasteiger partial charge in [-0.1, -0.05) is 38.1 Å². The molecule has 2 unspecified atom stereocenters. The average molecular weight is 378 g/mol. The highest BCUT2D eigenvalue weighted by Crippen LogP contribution is 2.29. The van der Waals surface area contributed by atoms with Crippen LogP contribution in [0.2, 0.25) is 0 Å². The molecule has 0 fully saturated rings. The molecule has 3 atom stereocenters. The minimum atomic E-state index is -1.23. The first kappa shape index (κ1) is 22.8. The van der Waals surface area contributed by atoms with Crippen molar-refractivity contribution < 1.29 is 29.5 Å². The van der Waals surface area contributed by atoms with Crippen molar-refractivity contribution in [3.63, 3.8) is 0 Å². The summed E-state index contributed by atoms with van der Waals surface area (Å²) < 4.78 is 0. The van der Waals surface area contributed by atoms with Gasteiger partial charge >= 0.3 is 13.7 Å². The van der Waals surface area contributed by atoms with Gasteiger partial charge in [-0.2, -0.15) is 0 Å². The highest BCUT2D eigenvalue weighted by atomic mass is 16.4. The van der Waals surface area contributed by atoms with Crippen molar-refractivity contribution in [1.29, 1.82) is 0 Å². The molecule has 0 radical (unpaired) electrons. The Hall–Kier alpha value is -2.23. The first-order valence-electron chi connectivity index (χ1n) is 8.81. The van der Waals surface area contributed by atoms with Crippen LogP contribution in [0, 0.1) is 11.8 Å². The number of Topliss-reactive ketones (excluding diaryl/α,β-unsaturated/α-hetero) is 1. The molecule has 0 saturated heterocycles. The molecule has 0 saturated carbocycles. The molecule has 0 bridgehead atoms. The zero-order valence-corrected chi connectivity index (χ0v) is 15.8. The third kappa shape index (κ3) is 6.16. The van der Waals surface area contributed by atoms with Crippen molar-refractivity contribution in [3.05, 3.63) is 35.4 Å². The quantitative estimate of drug-likeness (QED) is 0.423. The molecule has 0 spiro atoms. The number of rotatable bonds is 6. The Kier molecular flexibility index (Phi) is 9.13. The van der Waals surface area contributed by atoms with E-state index >= 15 is 0 Å². The molecule has 1 aliphatic heterocycles. The van der Waals surface area contributed by atoms with Gasteiger partial charge in [-0.05, 0) is 23.5 Å². The molecular weight excluding hydrogens is 351 g/mol. The summed E-state index contributed by atoms with van der Waals surface area (Å²) in [6, 6.07) is 5.92. The Labute approximate surface area is 159 Å². The van der Waals surface area contributed by atoms with E-state index in [1.54, 1.807) is 13.8 Å². The van der Waals surface area contributed by atoms with Crippen molar-refractivity contribution in [3.8, 4) is 0 Å². The summed E-state index contributed by atoms with van der Waals surface area (Å²) >= 11 is 0. The van der Waals surface area contributed by atoms with Gasteiger partial charge in [0, 0.05) is 13.5 Å². The Morgan fingerprint density at radius 1 is 1.22 bits per heavy atom. The van der Waals surface area contributed by atoms with Crippen LogP contribution in [0.3, 0.4) is 0 Å². The summed E-state index contributed by atoms with van der Waals surface area (Å²) in [6.45, 7) is 5.52. The van der Waals surface area contributed by atoms with Crippen LogP contribution >= 0.6 is 0 Å². The fourth-order valence-electron chi connectivity index (χ4n) is 3.35. The van der Waals surface area contributed by atoms with Gasteiger partial charge in [-0.25, -0.2) is 4.79 Å². The van der Waals surface area contributed by atoms with E-state index in [-0.39, 0.29) is 11.7 Å². The Morgan fingerprint density at radius 2 is 1.81 bits per heavy atom. The van der Waals surface area contributed by atoms with Gasteiger partial charge in [-0.15, -0.1) is 0 Å². The fourth-order valence-corrected chi connectivity index (χ4v) is 3.35. The van der Waals surface area contributed by atoms with Gasteiger partial charge in [0.15, 0.2) is 5.78 Å². The molecule has 27 heavy (non-hydrogen) atoms. The lowest BCUT2D eigenvalue weighted by atomic mass is 9.78. The number of ketones is 1. The Bertz CT molecular complexity index is 667. The Morgan fingerprint density at radius 3 is 2.33 bits per heavy atom. The van der Waals surface area contributed by atoms with Gasteiger partial charge < -0.3 is 25.8 Å². The second-order valence-electron chi connectivity index (χ2n) is 6.67. The van der Waals surface area contributed by atoms with Crippen LogP contribution in [0.5, 0.6) is 0 Å². The van der Waals surface area contributed by atoms with E-state index in [4.69, 9.17) is 10.0 Å². The number of carboxylic acids is 1. The molecule has 1 aromatic carbocycles. The molecule has 0 aliphatic carbocycles. The fraction of sp³-hybridized carbons (Fsp3) is 0.500. The maximum Gasteiger partial charge on any atom is 0.432 e. The third-order valence-corrected chi connectivity index (χ3v) is 4.42. The maximum absolute atomic E-state index is 13.2. The van der Waals surface area contributed by atoms with Crippen molar-refractivity contribution in [2.24, 2.45) is 11.8 Å². The van der Waals surface area contributed by atoms with Crippen LogP contribution in [-0.2, 0) is 20.8 Å². The first-order chi connectivity index (χ1) is 12.7. The van der Waals surface area contributed by atoms with Gasteiger partial charge in [0.25, 0.3) is 0 Å². The minimum Gasteiger partial charge on any atom is -0.480 e. The topological polar surface area (TPSA) is 136 Å². The smallest absolute Gasteiger partial charge is 0.432 e. The Balaban J connectivity index is 0.00000114. The van der Waals surface area contributed by atoms with Crippen LogP contribution < -0.4 is 10.6 Å². The molecule has 1 aromatic rings. The number of aliphatic carboxylic acids is 1. The molecule has 1 aliphatic rings. The number of hydrogen-bond donors (Lipinski definition) is 5. The number of carbonyl (C=O) groups is 3. The molecule has 1 heterocycles. The zero-order valence-electron chi connectivity index (χ0n) is 15.8. The van der Waals surface area contributed by atoms with Crippen LogP contribution in [0.1, 0.15) is 37.9 Å². The predicted molar refractivity (Wildman–Crippen MR) is 101 cm³/mol. The number of benzene rings is 1. The van der Waals surface area contributed by atoms with Crippen LogP contribution in [0.25, 0.3) is 0 Å². The predicted octanol–water partition coefficient (Wildman–Crippen LogP) is -0.458. The van der Waals surface area contributed by atoms with E-state index < -0.39 is 37.6 Å². The molecular formula is C18H27BN2O6. The number of carbonyl (C=O) groups excluding carboxylic acids is 2. The summed E-state index contributed by atoms with van der Waals surface area (Å²) in [6.07, 6.45) is 0.834. The highest BCUT2D eigenvalue weighted by molar-refractivity contribution is 6.13. The summed E-state index contributed by atoms with van der Waals surface area (Å²) in [5.41, 5.74) is 2.00. The summed E-state index contributed by atoms with van der Waals surface area (Å²) in [7, 11) is -0.750. The number of carboxylic acid groups (broad SMARTS) is 1. The molecule has 9 heteroatoms. The van der Waals surface area contributed by atoms with Crippen LogP contribution in [0.4, 0.5) is 0 Å².